The van der Waals surface area contributed by atoms with Gasteiger partial charge in [0, 0.05) is 6.20 Å². The number of aromatic nitrogens is 3. The van der Waals surface area contributed by atoms with Crippen molar-refractivity contribution in [3.05, 3.63) is 95.7 Å². The molecule has 0 aliphatic carbocycles. The van der Waals surface area contributed by atoms with E-state index in [1.54, 1.807) is 11.8 Å². The fourth-order valence-corrected chi connectivity index (χ4v) is 4.08. The summed E-state index contributed by atoms with van der Waals surface area (Å²) in [4.78, 5) is 0. The highest BCUT2D eigenvalue weighted by Gasteiger charge is 2.20. The van der Waals surface area contributed by atoms with E-state index in [2.05, 4.69) is 71.7 Å². The van der Waals surface area contributed by atoms with Gasteiger partial charge in [0.15, 0.2) is 10.8 Å². The second-order valence-corrected chi connectivity index (χ2v) is 6.75. The second kappa shape index (κ2) is 6.49. The summed E-state index contributed by atoms with van der Waals surface area (Å²) >= 11 is 1.73. The monoisotopic (exact) mass is 331 g/mol. The lowest BCUT2D eigenvalue weighted by Crippen LogP contribution is -2.01. The minimum Gasteiger partial charge on any atom is -0.277 e. The van der Waals surface area contributed by atoms with Gasteiger partial charge in [0.05, 0.1) is 5.25 Å². The highest BCUT2D eigenvalue weighted by atomic mass is 32.2. The number of thioether (sulfide) groups is 1. The smallest absolute Gasteiger partial charge is 0.196 e. The van der Waals surface area contributed by atoms with E-state index in [-0.39, 0.29) is 5.25 Å². The van der Waals surface area contributed by atoms with Crippen LogP contribution in [0.5, 0.6) is 0 Å². The van der Waals surface area contributed by atoms with Crippen LogP contribution in [-0.2, 0) is 0 Å². The van der Waals surface area contributed by atoms with Crippen LogP contribution in [0.4, 0.5) is 0 Å². The van der Waals surface area contributed by atoms with Crippen LogP contribution in [0.1, 0.15) is 21.9 Å². The molecule has 4 heteroatoms. The SMILES string of the molecule is Cc1ccccc1[C@@H](Sc1nnc2ccccn12)c1ccccc1. The third-order valence-electron chi connectivity index (χ3n) is 4.08. The minimum atomic E-state index is 0.181. The lowest BCUT2D eigenvalue weighted by Gasteiger charge is -2.18. The van der Waals surface area contributed by atoms with Gasteiger partial charge < -0.3 is 0 Å². The largest absolute Gasteiger partial charge is 0.277 e. The number of hydrogen-bond donors (Lipinski definition) is 0. The minimum absolute atomic E-state index is 0.181. The zero-order chi connectivity index (χ0) is 16.4. The van der Waals surface area contributed by atoms with Gasteiger partial charge in [-0.1, -0.05) is 72.4 Å². The van der Waals surface area contributed by atoms with Crippen molar-refractivity contribution in [2.24, 2.45) is 0 Å². The molecular formula is C20H17N3S. The highest BCUT2D eigenvalue weighted by molar-refractivity contribution is 7.99. The van der Waals surface area contributed by atoms with Crippen molar-refractivity contribution < 1.29 is 0 Å². The maximum Gasteiger partial charge on any atom is 0.196 e. The van der Waals surface area contributed by atoms with Crippen molar-refractivity contribution in [1.82, 2.24) is 14.6 Å². The molecule has 0 aliphatic heterocycles. The van der Waals surface area contributed by atoms with Crippen LogP contribution in [-0.4, -0.2) is 14.6 Å². The molecule has 3 nitrogen and oxygen atoms in total. The van der Waals surface area contributed by atoms with Crippen LogP contribution in [0.2, 0.25) is 0 Å². The van der Waals surface area contributed by atoms with Crippen molar-refractivity contribution in [2.45, 2.75) is 17.3 Å². The van der Waals surface area contributed by atoms with Gasteiger partial charge in [-0.25, -0.2) is 0 Å². The number of benzene rings is 2. The van der Waals surface area contributed by atoms with Gasteiger partial charge in [0.25, 0.3) is 0 Å². The van der Waals surface area contributed by atoms with E-state index in [0.717, 1.165) is 10.8 Å². The molecule has 4 aromatic rings. The number of fused-ring (bicyclic) bond motifs is 1. The number of hydrogen-bond acceptors (Lipinski definition) is 3. The molecule has 1 atom stereocenters. The Hall–Kier alpha value is -2.59. The van der Waals surface area contributed by atoms with E-state index in [0.29, 0.717) is 0 Å². The van der Waals surface area contributed by atoms with Gasteiger partial charge in [0.1, 0.15) is 0 Å². The Morgan fingerprint density at radius 2 is 1.58 bits per heavy atom. The zero-order valence-corrected chi connectivity index (χ0v) is 14.1. The van der Waals surface area contributed by atoms with Gasteiger partial charge in [-0.15, -0.1) is 10.2 Å². The van der Waals surface area contributed by atoms with E-state index in [1.807, 2.05) is 28.8 Å². The van der Waals surface area contributed by atoms with Gasteiger partial charge in [-0.05, 0) is 35.7 Å². The fraction of sp³-hybridized carbons (Fsp3) is 0.100. The Balaban J connectivity index is 1.80. The molecule has 0 saturated heterocycles. The Kier molecular flexibility index (Phi) is 4.05. The molecular weight excluding hydrogens is 314 g/mol. The summed E-state index contributed by atoms with van der Waals surface area (Å²) < 4.78 is 2.04. The van der Waals surface area contributed by atoms with E-state index in [1.165, 1.54) is 16.7 Å². The Morgan fingerprint density at radius 3 is 2.42 bits per heavy atom. The molecule has 0 bridgehead atoms. The normalized spacial score (nSPS) is 12.4. The van der Waals surface area contributed by atoms with Gasteiger partial charge in [-0.3, -0.25) is 4.40 Å². The zero-order valence-electron chi connectivity index (χ0n) is 13.3. The lowest BCUT2D eigenvalue weighted by molar-refractivity contribution is 0.914. The molecule has 118 valence electrons. The molecule has 0 amide bonds. The second-order valence-electron chi connectivity index (χ2n) is 5.68. The maximum absolute atomic E-state index is 4.39. The number of pyridine rings is 1. The van der Waals surface area contributed by atoms with Crippen LogP contribution in [0.3, 0.4) is 0 Å². The molecule has 0 fully saturated rings. The Morgan fingerprint density at radius 1 is 0.833 bits per heavy atom. The number of nitrogens with zero attached hydrogens (tertiary/aromatic N) is 3. The fourth-order valence-electron chi connectivity index (χ4n) is 2.83. The molecule has 0 spiro atoms. The van der Waals surface area contributed by atoms with Gasteiger partial charge >= 0.3 is 0 Å². The molecule has 0 N–H and O–H groups in total. The molecule has 2 heterocycles. The van der Waals surface area contributed by atoms with E-state index in [4.69, 9.17) is 0 Å². The van der Waals surface area contributed by atoms with E-state index >= 15 is 0 Å². The quantitative estimate of drug-likeness (QED) is 0.497. The van der Waals surface area contributed by atoms with Crippen LogP contribution >= 0.6 is 11.8 Å². The predicted molar refractivity (Wildman–Crippen MR) is 98.3 cm³/mol. The Bertz CT molecular complexity index is 963. The topological polar surface area (TPSA) is 30.2 Å². The van der Waals surface area contributed by atoms with Crippen molar-refractivity contribution in [3.63, 3.8) is 0 Å². The predicted octanol–water partition coefficient (Wildman–Crippen LogP) is 4.92. The van der Waals surface area contributed by atoms with Crippen molar-refractivity contribution >= 4 is 17.4 Å². The molecule has 0 radical (unpaired) electrons. The van der Waals surface area contributed by atoms with Gasteiger partial charge in [0.2, 0.25) is 0 Å². The van der Waals surface area contributed by atoms with Crippen LogP contribution < -0.4 is 0 Å². The highest BCUT2D eigenvalue weighted by Crippen LogP contribution is 2.40. The van der Waals surface area contributed by atoms with E-state index < -0.39 is 0 Å². The van der Waals surface area contributed by atoms with Crippen LogP contribution in [0, 0.1) is 6.92 Å². The van der Waals surface area contributed by atoms with Gasteiger partial charge in [-0.2, -0.15) is 0 Å². The molecule has 4 rings (SSSR count). The number of rotatable bonds is 4. The van der Waals surface area contributed by atoms with Crippen LogP contribution in [0.25, 0.3) is 5.65 Å². The first-order valence-electron chi connectivity index (χ1n) is 7.90. The average Bonchev–Trinajstić information content (AvgIpc) is 3.04. The van der Waals surface area contributed by atoms with Crippen molar-refractivity contribution in [2.75, 3.05) is 0 Å². The summed E-state index contributed by atoms with van der Waals surface area (Å²) in [7, 11) is 0. The molecule has 0 unspecified atom stereocenters. The maximum atomic E-state index is 4.39. The third-order valence-corrected chi connectivity index (χ3v) is 5.33. The first-order chi connectivity index (χ1) is 11.8. The standard InChI is InChI=1S/C20H17N3S/c1-15-9-5-6-12-17(15)19(16-10-3-2-4-11-16)24-20-22-21-18-13-7-8-14-23(18)20/h2-14,19H,1H3/t19-/m0/s1. The molecule has 2 aromatic heterocycles. The van der Waals surface area contributed by atoms with Crippen molar-refractivity contribution in [1.29, 1.82) is 0 Å². The molecule has 0 saturated carbocycles. The summed E-state index contributed by atoms with van der Waals surface area (Å²) in [6, 6.07) is 25.1. The van der Waals surface area contributed by atoms with E-state index in [9.17, 15) is 0 Å². The summed E-state index contributed by atoms with van der Waals surface area (Å²) in [6.45, 7) is 2.16. The summed E-state index contributed by atoms with van der Waals surface area (Å²) in [5.74, 6) is 0. The number of aryl methyl sites for hydroxylation is 1. The molecule has 24 heavy (non-hydrogen) atoms. The Labute approximate surface area is 145 Å². The summed E-state index contributed by atoms with van der Waals surface area (Å²) in [6.07, 6.45) is 2.01. The molecule has 0 aliphatic rings. The molecule has 2 aromatic carbocycles. The summed E-state index contributed by atoms with van der Waals surface area (Å²) in [5.41, 5.74) is 4.73. The first kappa shape index (κ1) is 15.0. The van der Waals surface area contributed by atoms with Crippen molar-refractivity contribution in [3.8, 4) is 0 Å². The summed E-state index contributed by atoms with van der Waals surface area (Å²) in [5, 5.41) is 9.75. The lowest BCUT2D eigenvalue weighted by atomic mass is 10.0. The third kappa shape index (κ3) is 2.81. The first-order valence-corrected chi connectivity index (χ1v) is 8.78. The van der Waals surface area contributed by atoms with Crippen LogP contribution in [0.15, 0.2) is 84.1 Å². The average molecular weight is 331 g/mol.